The Hall–Kier alpha value is -4.93. The molecule has 3 heterocycles. The van der Waals surface area contributed by atoms with Gasteiger partial charge in [-0.2, -0.15) is 19.9 Å². The third-order valence-corrected chi connectivity index (χ3v) is 6.03. The molecule has 0 bridgehead atoms. The van der Waals surface area contributed by atoms with Crippen molar-refractivity contribution >= 4 is 22.8 Å². The molecule has 194 valence electrons. The van der Waals surface area contributed by atoms with Crippen LogP contribution in [0.4, 0.5) is 5.82 Å². The number of ether oxygens (including phenoxy) is 2. The largest absolute Gasteiger partial charge is 0.494 e. The SMILES string of the molecule is CCOc1ccc(OCC(=O)Nc2cc(C)nn2-c2nc3c(cnn3-c3cccc(C)c3C)c(=O)[nH]2)cc1. The predicted octanol–water partition coefficient (Wildman–Crippen LogP) is 3.64. The number of carbonyl (C=O) groups is 1. The Kier molecular flexibility index (Phi) is 6.65. The molecule has 2 aromatic carbocycles. The van der Waals surface area contributed by atoms with Gasteiger partial charge in [0.05, 0.1) is 24.2 Å². The minimum atomic E-state index is -0.399. The molecule has 0 aliphatic heterocycles. The van der Waals surface area contributed by atoms with Crippen LogP contribution in [0.15, 0.2) is 59.5 Å². The highest BCUT2D eigenvalue weighted by Gasteiger charge is 2.18. The predicted molar refractivity (Wildman–Crippen MR) is 143 cm³/mol. The summed E-state index contributed by atoms with van der Waals surface area (Å²) in [6.45, 7) is 8.03. The first-order valence-corrected chi connectivity index (χ1v) is 12.1. The quantitative estimate of drug-likeness (QED) is 0.324. The summed E-state index contributed by atoms with van der Waals surface area (Å²) in [6.07, 6.45) is 1.49. The van der Waals surface area contributed by atoms with Gasteiger partial charge in [0.15, 0.2) is 12.3 Å². The van der Waals surface area contributed by atoms with E-state index in [0.717, 1.165) is 22.6 Å². The lowest BCUT2D eigenvalue weighted by Gasteiger charge is -2.11. The van der Waals surface area contributed by atoms with E-state index in [2.05, 4.69) is 25.5 Å². The van der Waals surface area contributed by atoms with E-state index in [0.29, 0.717) is 34.9 Å². The monoisotopic (exact) mass is 513 g/mol. The summed E-state index contributed by atoms with van der Waals surface area (Å²) in [6, 6.07) is 14.6. The molecule has 11 nitrogen and oxygen atoms in total. The van der Waals surface area contributed by atoms with Crippen LogP contribution in [-0.2, 0) is 4.79 Å². The molecule has 0 radical (unpaired) electrons. The molecule has 3 aromatic heterocycles. The van der Waals surface area contributed by atoms with Crippen molar-refractivity contribution in [1.29, 1.82) is 0 Å². The molecule has 0 fully saturated rings. The van der Waals surface area contributed by atoms with Gasteiger partial charge in [-0.15, -0.1) is 0 Å². The fourth-order valence-corrected chi connectivity index (χ4v) is 4.03. The van der Waals surface area contributed by atoms with Crippen molar-refractivity contribution in [2.75, 3.05) is 18.5 Å². The molecule has 0 unspecified atom stereocenters. The van der Waals surface area contributed by atoms with Crippen molar-refractivity contribution in [3.05, 3.63) is 81.9 Å². The summed E-state index contributed by atoms with van der Waals surface area (Å²) in [5.41, 5.74) is 3.57. The van der Waals surface area contributed by atoms with Crippen LogP contribution >= 0.6 is 0 Å². The van der Waals surface area contributed by atoms with Crippen LogP contribution in [0.3, 0.4) is 0 Å². The smallest absolute Gasteiger partial charge is 0.263 e. The van der Waals surface area contributed by atoms with Crippen molar-refractivity contribution in [1.82, 2.24) is 29.5 Å². The Morgan fingerprint density at radius 1 is 1.03 bits per heavy atom. The number of aromatic nitrogens is 6. The van der Waals surface area contributed by atoms with Crippen LogP contribution in [0, 0.1) is 20.8 Å². The maximum absolute atomic E-state index is 12.9. The Morgan fingerprint density at radius 3 is 2.50 bits per heavy atom. The van der Waals surface area contributed by atoms with E-state index in [4.69, 9.17) is 9.47 Å². The van der Waals surface area contributed by atoms with Gasteiger partial charge in [-0.25, -0.2) is 4.68 Å². The number of nitrogens with one attached hydrogen (secondary N) is 2. The number of rotatable bonds is 8. The normalized spacial score (nSPS) is 11.1. The van der Waals surface area contributed by atoms with Crippen LogP contribution in [0.5, 0.6) is 11.5 Å². The second kappa shape index (κ2) is 10.2. The maximum Gasteiger partial charge on any atom is 0.263 e. The van der Waals surface area contributed by atoms with Crippen molar-refractivity contribution in [3.63, 3.8) is 0 Å². The lowest BCUT2D eigenvalue weighted by atomic mass is 10.1. The fraction of sp³-hybridized carbons (Fsp3) is 0.222. The Morgan fingerprint density at radius 2 is 1.76 bits per heavy atom. The molecule has 1 amide bonds. The number of carbonyl (C=O) groups excluding carboxylic acids is 1. The molecule has 0 aliphatic rings. The van der Waals surface area contributed by atoms with Gasteiger partial charge in [-0.05, 0) is 69.2 Å². The van der Waals surface area contributed by atoms with E-state index in [9.17, 15) is 9.59 Å². The van der Waals surface area contributed by atoms with E-state index in [1.165, 1.54) is 10.9 Å². The van der Waals surface area contributed by atoms with Gasteiger partial charge in [0.1, 0.15) is 22.7 Å². The number of H-pyrrole nitrogens is 1. The minimum Gasteiger partial charge on any atom is -0.494 e. The van der Waals surface area contributed by atoms with Gasteiger partial charge in [0.2, 0.25) is 5.95 Å². The zero-order valence-electron chi connectivity index (χ0n) is 21.5. The minimum absolute atomic E-state index is 0.144. The number of anilines is 1. The van der Waals surface area contributed by atoms with E-state index < -0.39 is 5.91 Å². The zero-order valence-corrected chi connectivity index (χ0v) is 21.5. The molecular weight excluding hydrogens is 486 g/mol. The number of aryl methyl sites for hydroxylation is 2. The highest BCUT2D eigenvalue weighted by Crippen LogP contribution is 2.22. The summed E-state index contributed by atoms with van der Waals surface area (Å²) in [5.74, 6) is 1.34. The molecule has 0 spiro atoms. The summed E-state index contributed by atoms with van der Waals surface area (Å²) in [7, 11) is 0. The average Bonchev–Trinajstić information content (AvgIpc) is 3.49. The summed E-state index contributed by atoms with van der Waals surface area (Å²) < 4.78 is 14.0. The second-order valence-corrected chi connectivity index (χ2v) is 8.73. The first-order valence-electron chi connectivity index (χ1n) is 12.1. The van der Waals surface area contributed by atoms with E-state index >= 15 is 0 Å². The number of hydrogen-bond acceptors (Lipinski definition) is 7. The van der Waals surface area contributed by atoms with Gasteiger partial charge in [0.25, 0.3) is 11.5 Å². The third-order valence-electron chi connectivity index (χ3n) is 6.03. The number of nitrogens with zero attached hydrogens (tertiary/aromatic N) is 5. The third kappa shape index (κ3) is 4.85. The lowest BCUT2D eigenvalue weighted by Crippen LogP contribution is -2.23. The number of fused-ring (bicyclic) bond motifs is 1. The van der Waals surface area contributed by atoms with Crippen molar-refractivity contribution in [3.8, 4) is 23.1 Å². The summed E-state index contributed by atoms with van der Waals surface area (Å²) in [5, 5.41) is 12.0. The van der Waals surface area contributed by atoms with Gasteiger partial charge < -0.3 is 14.8 Å². The van der Waals surface area contributed by atoms with Crippen molar-refractivity contribution in [2.45, 2.75) is 27.7 Å². The molecular formula is C27H27N7O4. The molecule has 0 saturated heterocycles. The standard InChI is InChI=1S/C27H27N7O4/c1-5-37-19-9-11-20(12-10-19)38-15-24(35)29-23-13-17(3)32-34(23)27-30-25-21(26(36)31-27)14-28-33(25)22-8-6-7-16(2)18(22)4/h6-14H,5,15H2,1-4H3,(H,29,35)(H,30,31,36). The zero-order chi connectivity index (χ0) is 26.8. The van der Waals surface area contributed by atoms with Crippen LogP contribution < -0.4 is 20.3 Å². The Labute approximate surface area is 218 Å². The fourth-order valence-electron chi connectivity index (χ4n) is 4.03. The van der Waals surface area contributed by atoms with Gasteiger partial charge in [0, 0.05) is 6.07 Å². The van der Waals surface area contributed by atoms with Crippen molar-refractivity contribution < 1.29 is 14.3 Å². The number of hydrogen-bond donors (Lipinski definition) is 2. The highest BCUT2D eigenvalue weighted by molar-refractivity contribution is 5.91. The number of amides is 1. The first kappa shape index (κ1) is 24.8. The molecule has 5 aromatic rings. The van der Waals surface area contributed by atoms with Crippen LogP contribution in [0.2, 0.25) is 0 Å². The molecule has 0 saturated carbocycles. The first-order chi connectivity index (χ1) is 18.3. The maximum atomic E-state index is 12.9. The van der Waals surface area contributed by atoms with E-state index in [1.807, 2.05) is 39.0 Å². The molecule has 5 rings (SSSR count). The second-order valence-electron chi connectivity index (χ2n) is 8.73. The number of benzene rings is 2. The molecule has 2 N–H and O–H groups in total. The van der Waals surface area contributed by atoms with E-state index in [1.54, 1.807) is 41.9 Å². The lowest BCUT2D eigenvalue weighted by molar-refractivity contribution is -0.118. The Bertz CT molecular complexity index is 1680. The topological polar surface area (TPSA) is 129 Å². The van der Waals surface area contributed by atoms with Gasteiger partial charge in [-0.1, -0.05) is 12.1 Å². The summed E-state index contributed by atoms with van der Waals surface area (Å²) in [4.78, 5) is 33.0. The molecule has 0 aliphatic carbocycles. The Balaban J connectivity index is 1.41. The number of aromatic amines is 1. The molecule has 0 atom stereocenters. The van der Waals surface area contributed by atoms with Crippen molar-refractivity contribution in [2.24, 2.45) is 0 Å². The molecule has 11 heteroatoms. The highest BCUT2D eigenvalue weighted by atomic mass is 16.5. The van der Waals surface area contributed by atoms with Gasteiger partial charge >= 0.3 is 0 Å². The molecule has 38 heavy (non-hydrogen) atoms. The summed E-state index contributed by atoms with van der Waals surface area (Å²) >= 11 is 0. The van der Waals surface area contributed by atoms with Crippen LogP contribution in [0.25, 0.3) is 22.7 Å². The average molecular weight is 514 g/mol. The van der Waals surface area contributed by atoms with Crippen LogP contribution in [0.1, 0.15) is 23.7 Å². The van der Waals surface area contributed by atoms with E-state index in [-0.39, 0.29) is 18.1 Å². The van der Waals surface area contributed by atoms with Crippen LogP contribution in [-0.4, -0.2) is 48.6 Å². The van der Waals surface area contributed by atoms with Gasteiger partial charge in [-0.3, -0.25) is 14.6 Å².